The minimum Gasteiger partial charge on any atom is -0.369 e. The molecule has 2 amide bonds. The van der Waals surface area contributed by atoms with Gasteiger partial charge in [0.1, 0.15) is 0 Å². The molecule has 5 nitrogen and oxygen atoms in total. The number of urea groups is 1. The molecule has 2 rings (SSSR count). The Morgan fingerprint density at radius 1 is 1.14 bits per heavy atom. The fraction of sp³-hybridized carbons (Fsp3) is 0.533. The fourth-order valence-electron chi connectivity index (χ4n) is 2.43. The molecule has 0 aliphatic carbocycles. The summed E-state index contributed by atoms with van der Waals surface area (Å²) in [5.41, 5.74) is 1.22. The van der Waals surface area contributed by atoms with Gasteiger partial charge in [0.2, 0.25) is 0 Å². The third-order valence-corrected chi connectivity index (χ3v) is 3.87. The third-order valence-electron chi connectivity index (χ3n) is 3.61. The molecule has 0 unspecified atom stereocenters. The molecule has 1 aromatic rings. The molecule has 1 fully saturated rings. The SMILES string of the molecule is CCNC(=O)NCCN1CCN(c2ccc(Cl)cc2)CC1. The van der Waals surface area contributed by atoms with Gasteiger partial charge in [0.25, 0.3) is 0 Å². The van der Waals surface area contributed by atoms with Crippen LogP contribution < -0.4 is 15.5 Å². The van der Waals surface area contributed by atoms with E-state index in [1.165, 1.54) is 5.69 Å². The lowest BCUT2D eigenvalue weighted by atomic mass is 10.2. The molecule has 0 aromatic heterocycles. The fourth-order valence-corrected chi connectivity index (χ4v) is 2.56. The largest absolute Gasteiger partial charge is 0.369 e. The molecule has 0 atom stereocenters. The van der Waals surface area contributed by atoms with Crippen molar-refractivity contribution >= 4 is 23.3 Å². The quantitative estimate of drug-likeness (QED) is 0.871. The average molecular weight is 311 g/mol. The summed E-state index contributed by atoms with van der Waals surface area (Å²) in [4.78, 5) is 16.0. The summed E-state index contributed by atoms with van der Waals surface area (Å²) in [5.74, 6) is 0. The number of halogens is 1. The maximum absolute atomic E-state index is 11.3. The van der Waals surface area contributed by atoms with Gasteiger partial charge in [-0.3, -0.25) is 4.90 Å². The molecule has 1 aliphatic rings. The minimum atomic E-state index is -0.0858. The molecule has 116 valence electrons. The zero-order chi connectivity index (χ0) is 15.1. The summed E-state index contributed by atoms with van der Waals surface area (Å²) in [6.45, 7) is 8.19. The van der Waals surface area contributed by atoms with Crippen LogP contribution in [0.25, 0.3) is 0 Å². The minimum absolute atomic E-state index is 0.0858. The van der Waals surface area contributed by atoms with Gasteiger partial charge in [-0.2, -0.15) is 0 Å². The van der Waals surface area contributed by atoms with E-state index in [4.69, 9.17) is 11.6 Å². The molecule has 21 heavy (non-hydrogen) atoms. The highest BCUT2D eigenvalue weighted by Crippen LogP contribution is 2.19. The normalized spacial score (nSPS) is 15.8. The van der Waals surface area contributed by atoms with Crippen LogP contribution >= 0.6 is 11.6 Å². The Kier molecular flexibility index (Phi) is 6.14. The number of nitrogens with one attached hydrogen (secondary N) is 2. The van der Waals surface area contributed by atoms with Gasteiger partial charge in [0, 0.05) is 56.5 Å². The second kappa shape index (κ2) is 8.10. The van der Waals surface area contributed by atoms with Crippen LogP contribution in [0, 0.1) is 0 Å². The highest BCUT2D eigenvalue weighted by atomic mass is 35.5. The number of nitrogens with zero attached hydrogens (tertiary/aromatic N) is 2. The number of carbonyl (C=O) groups excluding carboxylic acids is 1. The van der Waals surface area contributed by atoms with E-state index < -0.39 is 0 Å². The molecule has 0 spiro atoms. The van der Waals surface area contributed by atoms with Gasteiger partial charge in [0.05, 0.1) is 0 Å². The number of hydrogen-bond donors (Lipinski definition) is 2. The summed E-state index contributed by atoms with van der Waals surface area (Å²) in [6, 6.07) is 7.90. The van der Waals surface area contributed by atoms with Crippen LogP contribution in [0.5, 0.6) is 0 Å². The van der Waals surface area contributed by atoms with Gasteiger partial charge in [-0.25, -0.2) is 4.79 Å². The van der Waals surface area contributed by atoms with Crippen LogP contribution in [0.2, 0.25) is 5.02 Å². The zero-order valence-electron chi connectivity index (χ0n) is 12.4. The molecule has 2 N–H and O–H groups in total. The van der Waals surface area contributed by atoms with Crippen molar-refractivity contribution in [3.05, 3.63) is 29.3 Å². The van der Waals surface area contributed by atoms with E-state index in [-0.39, 0.29) is 6.03 Å². The van der Waals surface area contributed by atoms with Crippen molar-refractivity contribution in [3.63, 3.8) is 0 Å². The van der Waals surface area contributed by atoms with E-state index >= 15 is 0 Å². The Morgan fingerprint density at radius 2 is 1.81 bits per heavy atom. The van der Waals surface area contributed by atoms with Crippen LogP contribution in [0.1, 0.15) is 6.92 Å². The van der Waals surface area contributed by atoms with Crippen LogP contribution in [-0.2, 0) is 0 Å². The predicted molar refractivity (Wildman–Crippen MR) is 87.2 cm³/mol. The van der Waals surface area contributed by atoms with E-state index in [1.807, 2.05) is 19.1 Å². The molecular formula is C15H23ClN4O. The Morgan fingerprint density at radius 3 is 2.43 bits per heavy atom. The van der Waals surface area contributed by atoms with Crippen LogP contribution in [-0.4, -0.2) is 56.7 Å². The van der Waals surface area contributed by atoms with Crippen molar-refractivity contribution in [3.8, 4) is 0 Å². The average Bonchev–Trinajstić information content (AvgIpc) is 2.49. The molecule has 0 saturated carbocycles. The van der Waals surface area contributed by atoms with E-state index in [0.717, 1.165) is 37.7 Å². The van der Waals surface area contributed by atoms with Crippen molar-refractivity contribution in [2.75, 3.05) is 50.7 Å². The first-order chi connectivity index (χ1) is 10.2. The van der Waals surface area contributed by atoms with Gasteiger partial charge < -0.3 is 15.5 Å². The van der Waals surface area contributed by atoms with Gasteiger partial charge in [-0.15, -0.1) is 0 Å². The first-order valence-corrected chi connectivity index (χ1v) is 7.81. The summed E-state index contributed by atoms with van der Waals surface area (Å²) in [6.07, 6.45) is 0. The van der Waals surface area contributed by atoms with Crippen molar-refractivity contribution in [1.29, 1.82) is 0 Å². The Bertz CT molecular complexity index is 443. The second-order valence-electron chi connectivity index (χ2n) is 5.09. The number of hydrogen-bond acceptors (Lipinski definition) is 3. The Labute approximate surface area is 131 Å². The molecule has 6 heteroatoms. The number of carbonyl (C=O) groups is 1. The molecule has 1 saturated heterocycles. The Balaban J connectivity index is 1.68. The second-order valence-corrected chi connectivity index (χ2v) is 5.53. The van der Waals surface area contributed by atoms with Crippen LogP contribution in [0.15, 0.2) is 24.3 Å². The Hall–Kier alpha value is -1.46. The number of benzene rings is 1. The van der Waals surface area contributed by atoms with Crippen molar-refractivity contribution < 1.29 is 4.79 Å². The smallest absolute Gasteiger partial charge is 0.314 e. The van der Waals surface area contributed by atoms with Gasteiger partial charge in [0.15, 0.2) is 0 Å². The first kappa shape index (κ1) is 15.9. The molecule has 1 aromatic carbocycles. The zero-order valence-corrected chi connectivity index (χ0v) is 13.2. The highest BCUT2D eigenvalue weighted by Gasteiger charge is 2.16. The molecule has 0 radical (unpaired) electrons. The molecule has 1 aliphatic heterocycles. The van der Waals surface area contributed by atoms with E-state index in [2.05, 4.69) is 32.6 Å². The molecule has 0 bridgehead atoms. The van der Waals surface area contributed by atoms with Crippen molar-refractivity contribution in [2.45, 2.75) is 6.92 Å². The summed E-state index contributed by atoms with van der Waals surface area (Å²) in [7, 11) is 0. The molecule has 1 heterocycles. The number of rotatable bonds is 5. The predicted octanol–water partition coefficient (Wildman–Crippen LogP) is 1.78. The third kappa shape index (κ3) is 5.10. The standard InChI is InChI=1S/C15H23ClN4O/c1-2-17-15(21)18-7-8-19-9-11-20(12-10-19)14-5-3-13(16)4-6-14/h3-6H,2,7-12H2,1H3,(H2,17,18,21). The summed E-state index contributed by atoms with van der Waals surface area (Å²) in [5, 5.41) is 6.36. The van der Waals surface area contributed by atoms with Gasteiger partial charge in [-0.1, -0.05) is 11.6 Å². The monoisotopic (exact) mass is 310 g/mol. The van der Waals surface area contributed by atoms with Crippen LogP contribution in [0.4, 0.5) is 10.5 Å². The molecular weight excluding hydrogens is 288 g/mol. The number of anilines is 1. The lowest BCUT2D eigenvalue weighted by Gasteiger charge is -2.36. The first-order valence-electron chi connectivity index (χ1n) is 7.43. The van der Waals surface area contributed by atoms with E-state index in [9.17, 15) is 4.79 Å². The van der Waals surface area contributed by atoms with E-state index in [0.29, 0.717) is 13.1 Å². The van der Waals surface area contributed by atoms with Crippen LogP contribution in [0.3, 0.4) is 0 Å². The number of amides is 2. The summed E-state index contributed by atoms with van der Waals surface area (Å²) >= 11 is 5.91. The van der Waals surface area contributed by atoms with Crippen molar-refractivity contribution in [2.24, 2.45) is 0 Å². The van der Waals surface area contributed by atoms with Gasteiger partial charge in [-0.05, 0) is 31.2 Å². The maximum Gasteiger partial charge on any atom is 0.314 e. The maximum atomic E-state index is 11.3. The van der Waals surface area contributed by atoms with E-state index in [1.54, 1.807) is 0 Å². The summed E-state index contributed by atoms with van der Waals surface area (Å²) < 4.78 is 0. The topological polar surface area (TPSA) is 47.6 Å². The van der Waals surface area contributed by atoms with Crippen molar-refractivity contribution in [1.82, 2.24) is 15.5 Å². The highest BCUT2D eigenvalue weighted by molar-refractivity contribution is 6.30. The van der Waals surface area contributed by atoms with Gasteiger partial charge >= 0.3 is 6.03 Å². The number of piperazine rings is 1. The lowest BCUT2D eigenvalue weighted by molar-refractivity contribution is 0.232. The lowest BCUT2D eigenvalue weighted by Crippen LogP contribution is -2.49.